The number of fused-ring (bicyclic) bond motifs is 2. The molecule has 9 N–H and O–H groups in total. The molecular weight excluding hydrogens is 716 g/mol. The van der Waals surface area contributed by atoms with E-state index in [0.29, 0.717) is 25.7 Å². The van der Waals surface area contributed by atoms with E-state index in [9.17, 15) is 46.0 Å². The Labute approximate surface area is 324 Å². The molecule has 14 nitrogen and oxygen atoms in total. The Morgan fingerprint density at radius 1 is 0.618 bits per heavy atom. The Morgan fingerprint density at radius 2 is 1.27 bits per heavy atom. The van der Waals surface area contributed by atoms with Crippen LogP contribution in [0, 0.1) is 44.8 Å². The summed E-state index contributed by atoms with van der Waals surface area (Å²) in [6.45, 7) is 14.3. The van der Waals surface area contributed by atoms with Crippen LogP contribution < -0.4 is 0 Å². The molecule has 0 aromatic heterocycles. The van der Waals surface area contributed by atoms with Crippen LogP contribution >= 0.6 is 0 Å². The molecule has 3 heterocycles. The quantitative estimate of drug-likeness (QED) is 0.169. The maximum Gasteiger partial charge on any atom is 0.187 e. The zero-order valence-electron chi connectivity index (χ0n) is 33.6. The summed E-state index contributed by atoms with van der Waals surface area (Å²) in [5, 5.41) is 96.5. The monoisotopic (exact) mass is 784 g/mol. The van der Waals surface area contributed by atoms with Crippen molar-refractivity contribution in [2.24, 2.45) is 44.8 Å². The molecule has 8 rings (SSSR count). The van der Waals surface area contributed by atoms with Gasteiger partial charge >= 0.3 is 0 Å². The third-order valence-electron chi connectivity index (χ3n) is 17.7. The Balaban J connectivity index is 1.00. The van der Waals surface area contributed by atoms with Crippen molar-refractivity contribution in [2.75, 3.05) is 13.2 Å². The van der Waals surface area contributed by atoms with Crippen LogP contribution in [0.4, 0.5) is 0 Å². The van der Waals surface area contributed by atoms with Crippen molar-refractivity contribution in [3.63, 3.8) is 0 Å². The average molecular weight is 785 g/mol. The minimum atomic E-state index is -1.54. The van der Waals surface area contributed by atoms with E-state index in [1.165, 1.54) is 0 Å². The van der Waals surface area contributed by atoms with Crippen LogP contribution in [0.2, 0.25) is 0 Å². The highest BCUT2D eigenvalue weighted by Gasteiger charge is 2.85. The van der Waals surface area contributed by atoms with Crippen molar-refractivity contribution in [1.82, 2.24) is 0 Å². The third kappa shape index (κ3) is 5.63. The molecule has 5 saturated carbocycles. The maximum atomic E-state index is 12.3. The fourth-order valence-electron chi connectivity index (χ4n) is 15.1. The number of hydrogen-bond donors (Lipinski definition) is 9. The first-order valence-corrected chi connectivity index (χ1v) is 20.9. The number of rotatable bonds is 6. The maximum absolute atomic E-state index is 12.3. The predicted octanol–water partition coefficient (Wildman–Crippen LogP) is 0.724. The van der Waals surface area contributed by atoms with Gasteiger partial charge in [-0.1, -0.05) is 27.7 Å². The van der Waals surface area contributed by atoms with E-state index in [4.69, 9.17) is 23.7 Å². The number of ether oxygens (including phenoxy) is 5. The van der Waals surface area contributed by atoms with E-state index in [0.717, 1.165) is 32.1 Å². The zero-order valence-corrected chi connectivity index (χ0v) is 33.6. The molecule has 8 aliphatic rings. The molecule has 316 valence electrons. The van der Waals surface area contributed by atoms with Gasteiger partial charge in [0.05, 0.1) is 48.8 Å². The minimum Gasteiger partial charge on any atom is -0.394 e. The highest BCUT2D eigenvalue weighted by atomic mass is 16.7. The van der Waals surface area contributed by atoms with Crippen LogP contribution in [-0.2, 0) is 23.7 Å². The molecular formula is C41H68O14. The highest BCUT2D eigenvalue weighted by molar-refractivity contribution is 5.33. The summed E-state index contributed by atoms with van der Waals surface area (Å²) in [5.74, 6) is -0.0433. The molecule has 14 heteroatoms. The van der Waals surface area contributed by atoms with Crippen molar-refractivity contribution < 1.29 is 69.6 Å². The van der Waals surface area contributed by atoms with Crippen LogP contribution in [0.25, 0.3) is 0 Å². The number of aliphatic hydroxyl groups is 9. The number of hydrogen-bond acceptors (Lipinski definition) is 14. The van der Waals surface area contributed by atoms with Crippen LogP contribution in [0.5, 0.6) is 0 Å². The van der Waals surface area contributed by atoms with Gasteiger partial charge in [0.2, 0.25) is 0 Å². The van der Waals surface area contributed by atoms with Gasteiger partial charge in [-0.2, -0.15) is 0 Å². The lowest BCUT2D eigenvalue weighted by atomic mass is 9.41. The summed E-state index contributed by atoms with van der Waals surface area (Å²) >= 11 is 0. The summed E-state index contributed by atoms with van der Waals surface area (Å²) in [6, 6.07) is 0. The van der Waals surface area contributed by atoms with E-state index in [1.54, 1.807) is 0 Å². The molecule has 21 atom stereocenters. The van der Waals surface area contributed by atoms with Crippen molar-refractivity contribution in [1.29, 1.82) is 0 Å². The lowest BCUT2D eigenvalue weighted by Gasteiger charge is -2.65. The lowest BCUT2D eigenvalue weighted by Crippen LogP contribution is -2.65. The first-order valence-electron chi connectivity index (χ1n) is 20.9. The third-order valence-corrected chi connectivity index (χ3v) is 17.7. The van der Waals surface area contributed by atoms with Crippen LogP contribution in [-0.4, -0.2) is 150 Å². The molecule has 0 amide bonds. The first kappa shape index (κ1) is 41.2. The molecule has 3 aliphatic heterocycles. The molecule has 3 saturated heterocycles. The van der Waals surface area contributed by atoms with E-state index in [1.807, 2.05) is 13.8 Å². The molecule has 2 spiro atoms. The van der Waals surface area contributed by atoms with E-state index < -0.39 is 96.8 Å². The van der Waals surface area contributed by atoms with E-state index in [-0.39, 0.29) is 52.1 Å². The van der Waals surface area contributed by atoms with Gasteiger partial charge in [0.25, 0.3) is 0 Å². The summed E-state index contributed by atoms with van der Waals surface area (Å²) in [4.78, 5) is 0. The highest BCUT2D eigenvalue weighted by Crippen LogP contribution is 2.89. The molecule has 0 aromatic carbocycles. The van der Waals surface area contributed by atoms with Crippen molar-refractivity contribution >= 4 is 0 Å². The fraction of sp³-hybridized carbons (Fsp3) is 1.00. The molecule has 0 bridgehead atoms. The minimum absolute atomic E-state index is 0.0289. The molecule has 5 aliphatic carbocycles. The zero-order chi connectivity index (χ0) is 40.1. The van der Waals surface area contributed by atoms with Gasteiger partial charge in [-0.25, -0.2) is 0 Å². The molecule has 0 aromatic rings. The topological polar surface area (TPSA) is 228 Å². The van der Waals surface area contributed by atoms with Crippen molar-refractivity contribution in [3.8, 4) is 0 Å². The smallest absolute Gasteiger partial charge is 0.187 e. The van der Waals surface area contributed by atoms with Gasteiger partial charge in [-0.15, -0.1) is 0 Å². The Bertz CT molecular complexity index is 1460. The van der Waals surface area contributed by atoms with Crippen LogP contribution in [0.1, 0.15) is 106 Å². The number of aliphatic hydroxyl groups excluding tert-OH is 9. The van der Waals surface area contributed by atoms with E-state index in [2.05, 4.69) is 34.6 Å². The Hall–Kier alpha value is -0.560. The van der Waals surface area contributed by atoms with Gasteiger partial charge in [-0.05, 0) is 117 Å². The summed E-state index contributed by atoms with van der Waals surface area (Å²) < 4.78 is 31.1. The lowest BCUT2D eigenvalue weighted by molar-refractivity contribution is -0.343. The van der Waals surface area contributed by atoms with Crippen LogP contribution in [0.3, 0.4) is 0 Å². The van der Waals surface area contributed by atoms with Crippen molar-refractivity contribution in [2.45, 2.75) is 197 Å². The van der Waals surface area contributed by atoms with Crippen molar-refractivity contribution in [3.05, 3.63) is 0 Å². The van der Waals surface area contributed by atoms with Gasteiger partial charge < -0.3 is 69.6 Å². The second kappa shape index (κ2) is 13.2. The Kier molecular flexibility index (Phi) is 9.90. The first-order chi connectivity index (χ1) is 25.5. The van der Waals surface area contributed by atoms with Gasteiger partial charge in [0.1, 0.15) is 42.7 Å². The molecule has 2 unspecified atom stereocenters. The van der Waals surface area contributed by atoms with Gasteiger partial charge in [-0.3, -0.25) is 0 Å². The largest absolute Gasteiger partial charge is 0.394 e. The predicted molar refractivity (Wildman–Crippen MR) is 194 cm³/mol. The molecule has 0 radical (unpaired) electrons. The van der Waals surface area contributed by atoms with Gasteiger partial charge in [0.15, 0.2) is 12.6 Å². The summed E-state index contributed by atoms with van der Waals surface area (Å²) in [7, 11) is 0. The van der Waals surface area contributed by atoms with E-state index >= 15 is 0 Å². The summed E-state index contributed by atoms with van der Waals surface area (Å²) in [5.41, 5.74) is -2.69. The fourth-order valence-corrected chi connectivity index (χ4v) is 15.1. The average Bonchev–Trinajstić information content (AvgIpc) is 3.69. The van der Waals surface area contributed by atoms with Gasteiger partial charge in [0, 0.05) is 5.92 Å². The van der Waals surface area contributed by atoms with Crippen LogP contribution in [0.15, 0.2) is 0 Å². The molecule has 55 heavy (non-hydrogen) atoms. The second-order valence-corrected chi connectivity index (χ2v) is 21.0. The Morgan fingerprint density at radius 3 is 1.95 bits per heavy atom. The molecule has 8 fully saturated rings. The normalized spacial score (nSPS) is 59.6. The summed E-state index contributed by atoms with van der Waals surface area (Å²) in [6.07, 6.45) is -7.07. The standard InChI is InChI=1S/C41H68O14/c1-35(2)24(53-33-29(49)26(46)21(45)17-51-33)9-11-41-18-40(41)13-12-37(5)32(20(44)15-38(37,6)23(40)14-19(43)31(35)41)39(7)10-8-25(36(3,4)55-39)54-34-30(50)28(48)27(47)22(16-42)52-34/h19-34,42-50H,8-18H2,1-7H3/t19-,20-,21+,22+,23-,24-,25-,26-,27+,28-,29+,30+,31?,32?,33-,34-,37+,38-,39+,40-,41+/m0/s1. The second-order valence-electron chi connectivity index (χ2n) is 21.0. The SMILES string of the molecule is CC1(C)O[C@@](C)(C2[C@@H](O)C[C@@]3(C)[C@@H]4C[C@H](O)C5C(C)(C)[C@@H](O[C@@H]6OC[C@@H](O)[C@H](O)[C@H]6O)CC[C@@]56C[C@@]46CC[C@]23C)CC[C@@H]1O[C@@H]1O[C@H](CO)[C@@H](O)[C@H](O)[C@H]1O.